The summed E-state index contributed by atoms with van der Waals surface area (Å²) in [5, 5.41) is 0. The van der Waals surface area contributed by atoms with Gasteiger partial charge >= 0.3 is 18.0 Å². The van der Waals surface area contributed by atoms with Crippen LogP contribution in [0.15, 0.2) is 11.8 Å². The van der Waals surface area contributed by atoms with Gasteiger partial charge < -0.3 is 9.16 Å². The van der Waals surface area contributed by atoms with Crippen LogP contribution in [0.3, 0.4) is 0 Å². The molecule has 0 aromatic heterocycles. The minimum atomic E-state index is -6.44. The highest BCUT2D eigenvalue weighted by Gasteiger charge is 2.72. The third kappa shape index (κ3) is 3.90. The zero-order chi connectivity index (χ0) is 17.3. The Morgan fingerprint density at radius 2 is 1.48 bits per heavy atom. The largest absolute Gasteiger partial charge is 0.458 e. The molecule has 2 nitrogen and oxygen atoms in total. The molecule has 0 aliphatic carbocycles. The van der Waals surface area contributed by atoms with Gasteiger partial charge in [-0.2, -0.15) is 22.0 Å². The minimum absolute atomic E-state index is 0.284. The number of hydrogen-bond acceptors (Lipinski definition) is 1. The van der Waals surface area contributed by atoms with Crippen molar-refractivity contribution >= 4 is 6.79 Å². The first-order valence-electron chi connectivity index (χ1n) is 5.51. The Bertz CT molecular complexity index is 405. The summed E-state index contributed by atoms with van der Waals surface area (Å²) in [5.74, 6) is -12.3. The highest BCUT2D eigenvalue weighted by Crippen LogP contribution is 2.51. The maximum atomic E-state index is 13.5. The number of carbonyl (C=O) groups excluding carboxylic acids is 1. The Hall–Kier alpha value is -1.25. The summed E-state index contributed by atoms with van der Waals surface area (Å²) in [5.41, 5.74) is -0.963. The van der Waals surface area contributed by atoms with Crippen LogP contribution in [0, 0.1) is 11.5 Å². The molecule has 0 aliphatic heterocycles. The van der Waals surface area contributed by atoms with Crippen molar-refractivity contribution in [1.29, 1.82) is 0 Å². The maximum absolute atomic E-state index is 13.5. The van der Waals surface area contributed by atoms with Crippen molar-refractivity contribution in [2.24, 2.45) is 5.41 Å². The number of halogens is 7. The fourth-order valence-corrected chi connectivity index (χ4v) is 1.20. The summed E-state index contributed by atoms with van der Waals surface area (Å²) in [4.78, 5) is 0. The topological polar surface area (TPSA) is 20.5 Å². The Kier molecular flexibility index (Phi) is 5.51. The van der Waals surface area contributed by atoms with Crippen molar-refractivity contribution in [1.82, 2.24) is 0 Å². The number of hydrogen-bond donors (Lipinski definition) is 0. The lowest BCUT2D eigenvalue weighted by Gasteiger charge is -2.37. The van der Waals surface area contributed by atoms with Gasteiger partial charge in [0.25, 0.3) is 6.79 Å². The van der Waals surface area contributed by atoms with Crippen LogP contribution in [-0.4, -0.2) is 31.9 Å². The van der Waals surface area contributed by atoms with Crippen molar-refractivity contribution < 1.29 is 39.9 Å². The molecule has 0 radical (unpaired) electrons. The van der Waals surface area contributed by atoms with E-state index in [1.165, 1.54) is 20.8 Å². The highest BCUT2D eigenvalue weighted by atomic mass is 19.4. The molecule has 0 unspecified atom stereocenters. The zero-order valence-corrected chi connectivity index (χ0v) is 11.7. The molecule has 0 aromatic carbocycles. The molecule has 0 atom stereocenters. The van der Waals surface area contributed by atoms with Crippen molar-refractivity contribution in [2.75, 3.05) is 7.11 Å². The van der Waals surface area contributed by atoms with E-state index in [0.717, 1.165) is 0 Å². The van der Waals surface area contributed by atoms with Crippen LogP contribution in [0.1, 0.15) is 20.8 Å². The van der Waals surface area contributed by atoms with Crippen LogP contribution < -0.4 is 0 Å². The molecule has 0 saturated carbocycles. The summed E-state index contributed by atoms with van der Waals surface area (Å²) in [6, 6.07) is 0. The van der Waals surface area contributed by atoms with Crippen molar-refractivity contribution in [2.45, 2.75) is 38.8 Å². The normalized spacial score (nSPS) is 15.1. The summed E-state index contributed by atoms with van der Waals surface area (Å²) < 4.78 is 97.7. The second-order valence-corrected chi connectivity index (χ2v) is 5.12. The smallest absolute Gasteiger partial charge is 0.436 e. The SMILES string of the molecule is C=[O+]C(=C[C-](OC)C(F)(F)C(F)(F)C(F)(F)F)C(C)(C)C. The van der Waals surface area contributed by atoms with E-state index in [2.05, 4.69) is 16.0 Å². The van der Waals surface area contributed by atoms with Gasteiger partial charge in [0.2, 0.25) is 0 Å². The van der Waals surface area contributed by atoms with Crippen LogP contribution in [0.2, 0.25) is 0 Å². The fourth-order valence-electron chi connectivity index (χ4n) is 1.20. The van der Waals surface area contributed by atoms with Crippen molar-refractivity contribution in [3.8, 4) is 0 Å². The number of methoxy groups -OCH3 is 1. The lowest BCUT2D eigenvalue weighted by atomic mass is 9.91. The van der Waals surface area contributed by atoms with Gasteiger partial charge in [0.05, 0.1) is 0 Å². The average Bonchev–Trinajstić information content (AvgIpc) is 2.26. The molecule has 0 heterocycles. The minimum Gasteiger partial charge on any atom is -0.436 e. The summed E-state index contributed by atoms with van der Waals surface area (Å²) in [7, 11) is 0.551. The molecule has 0 N–H and O–H groups in total. The Balaban J connectivity index is 5.86. The number of rotatable bonds is 5. The average molecular weight is 324 g/mol. The maximum Gasteiger partial charge on any atom is 0.458 e. The van der Waals surface area contributed by atoms with Gasteiger partial charge in [-0.25, -0.2) is 8.78 Å². The van der Waals surface area contributed by atoms with Gasteiger partial charge in [-0.1, -0.05) is 26.8 Å². The van der Waals surface area contributed by atoms with Gasteiger partial charge in [0, 0.05) is 12.5 Å². The molecule has 0 saturated heterocycles. The van der Waals surface area contributed by atoms with Crippen LogP contribution in [0.25, 0.3) is 0 Å². The molecule has 124 valence electrons. The third-order valence-corrected chi connectivity index (χ3v) is 2.44. The van der Waals surface area contributed by atoms with E-state index in [1.807, 2.05) is 0 Å². The first-order valence-corrected chi connectivity index (χ1v) is 5.51. The molecular formula is C12H15F7O2. The van der Waals surface area contributed by atoms with E-state index < -0.39 is 29.5 Å². The predicted octanol–water partition coefficient (Wildman–Crippen LogP) is 4.29. The predicted molar refractivity (Wildman–Crippen MR) is 60.9 cm³/mol. The Labute approximate surface area is 117 Å². The second kappa shape index (κ2) is 5.86. The molecule has 0 fully saturated rings. The molecule has 21 heavy (non-hydrogen) atoms. The highest BCUT2D eigenvalue weighted by molar-refractivity contribution is 5.23. The Morgan fingerprint density at radius 1 is 1.05 bits per heavy atom. The molecule has 0 rings (SSSR count). The standard InChI is InChI=1S/C12H15F7O2/c1-9(2,3)7(20-4)6-8(21-5)10(13,14)11(15,16)12(17,18)19/h6H,4H2,1-3,5H3. The van der Waals surface area contributed by atoms with E-state index >= 15 is 0 Å². The number of alkyl halides is 7. The number of allylic oxidation sites excluding steroid dienone is 1. The monoisotopic (exact) mass is 324 g/mol. The molecule has 0 amide bonds. The van der Waals surface area contributed by atoms with E-state index in [1.54, 1.807) is 0 Å². The molecule has 0 aliphatic rings. The van der Waals surface area contributed by atoms with E-state index in [9.17, 15) is 30.7 Å². The molecular weight excluding hydrogens is 309 g/mol. The molecule has 0 spiro atoms. The summed E-state index contributed by atoms with van der Waals surface area (Å²) in [6.45, 7) is 7.31. The van der Waals surface area contributed by atoms with Crippen molar-refractivity contribution in [3.63, 3.8) is 0 Å². The number of ether oxygens (including phenoxy) is 1. The molecule has 0 aromatic rings. The summed E-state index contributed by atoms with van der Waals surface area (Å²) >= 11 is 0. The van der Waals surface area contributed by atoms with Crippen LogP contribution >= 0.6 is 0 Å². The van der Waals surface area contributed by atoms with Gasteiger partial charge in [-0.15, -0.1) is 0 Å². The van der Waals surface area contributed by atoms with Crippen LogP contribution in [0.4, 0.5) is 30.7 Å². The van der Waals surface area contributed by atoms with E-state index in [0.29, 0.717) is 7.11 Å². The zero-order valence-electron chi connectivity index (χ0n) is 11.7. The van der Waals surface area contributed by atoms with Crippen LogP contribution in [0.5, 0.6) is 0 Å². The summed E-state index contributed by atoms with van der Waals surface area (Å²) in [6.07, 6.45) is -8.04. The molecule has 9 heteroatoms. The lowest BCUT2D eigenvalue weighted by Crippen LogP contribution is -2.55. The quantitative estimate of drug-likeness (QED) is 0.320. The fraction of sp³-hybridized carbons (Fsp3) is 0.667. The van der Waals surface area contributed by atoms with Crippen molar-refractivity contribution in [3.05, 3.63) is 17.9 Å². The lowest BCUT2D eigenvalue weighted by molar-refractivity contribution is -0.404. The Morgan fingerprint density at radius 3 is 1.71 bits per heavy atom. The first-order chi connectivity index (χ1) is 9.12. The van der Waals surface area contributed by atoms with Gasteiger partial charge in [0.15, 0.2) is 5.76 Å². The van der Waals surface area contributed by atoms with Gasteiger partial charge in [0.1, 0.15) is 0 Å². The van der Waals surface area contributed by atoms with E-state index in [-0.39, 0.29) is 11.8 Å². The third-order valence-electron chi connectivity index (χ3n) is 2.44. The molecule has 0 bridgehead atoms. The van der Waals surface area contributed by atoms with Crippen LogP contribution in [-0.2, 0) is 9.16 Å². The first kappa shape index (κ1) is 19.8. The second-order valence-electron chi connectivity index (χ2n) is 5.12. The van der Waals surface area contributed by atoms with E-state index in [4.69, 9.17) is 0 Å². The van der Waals surface area contributed by atoms with Gasteiger partial charge in [-0.05, 0) is 6.10 Å². The van der Waals surface area contributed by atoms with Gasteiger partial charge in [-0.3, -0.25) is 0 Å².